The van der Waals surface area contributed by atoms with E-state index in [-0.39, 0.29) is 24.2 Å². The number of likely N-dealkylation sites (tertiary alicyclic amines) is 1. The second kappa shape index (κ2) is 9.04. The highest BCUT2D eigenvalue weighted by molar-refractivity contribution is 7.88. The third-order valence-electron chi connectivity index (χ3n) is 6.29. The van der Waals surface area contributed by atoms with Gasteiger partial charge in [0.15, 0.2) is 0 Å². The van der Waals surface area contributed by atoms with Gasteiger partial charge in [-0.2, -0.15) is 10.2 Å². The van der Waals surface area contributed by atoms with Gasteiger partial charge in [-0.15, -0.1) is 0 Å². The molecule has 7 nitrogen and oxygen atoms in total. The van der Waals surface area contributed by atoms with Crippen molar-refractivity contribution < 1.29 is 13.2 Å². The molecule has 8 heteroatoms. The molecule has 1 saturated heterocycles. The zero-order chi connectivity index (χ0) is 20.3. The lowest BCUT2D eigenvalue weighted by Gasteiger charge is -2.33. The molecule has 1 saturated carbocycles. The fourth-order valence-corrected chi connectivity index (χ4v) is 5.64. The van der Waals surface area contributed by atoms with E-state index in [1.807, 2.05) is 0 Å². The van der Waals surface area contributed by atoms with Gasteiger partial charge in [-0.3, -0.25) is 4.90 Å². The van der Waals surface area contributed by atoms with Crippen LogP contribution in [0.4, 0.5) is 0 Å². The monoisotopic (exact) mass is 418 g/mol. The fourth-order valence-electron chi connectivity index (χ4n) is 4.82. The minimum Gasteiger partial charge on any atom is -0.377 e. The van der Waals surface area contributed by atoms with Crippen molar-refractivity contribution in [1.29, 1.82) is 0 Å². The zero-order valence-corrected chi connectivity index (χ0v) is 17.7. The van der Waals surface area contributed by atoms with Gasteiger partial charge in [0.2, 0.25) is 10.0 Å². The Morgan fingerprint density at radius 2 is 1.76 bits per heavy atom. The second-order valence-electron chi connectivity index (χ2n) is 8.33. The van der Waals surface area contributed by atoms with Crippen molar-refractivity contribution in [3.63, 3.8) is 0 Å². The smallest absolute Gasteiger partial charge is 0.209 e. The first-order chi connectivity index (χ1) is 14.0. The van der Waals surface area contributed by atoms with Crippen LogP contribution in [-0.4, -0.2) is 69.4 Å². The molecule has 2 heterocycles. The summed E-state index contributed by atoms with van der Waals surface area (Å²) >= 11 is 0. The Labute approximate surface area is 173 Å². The van der Waals surface area contributed by atoms with E-state index in [2.05, 4.69) is 50.2 Å². The normalized spacial score (nSPS) is 30.9. The van der Waals surface area contributed by atoms with E-state index in [1.165, 1.54) is 11.8 Å². The van der Waals surface area contributed by atoms with Crippen LogP contribution in [0.15, 0.2) is 40.5 Å². The Balaban J connectivity index is 1.34. The number of nitrogens with one attached hydrogen (secondary N) is 1. The third-order valence-corrected chi connectivity index (χ3v) is 7.02. The SMILES string of the molecule is CS(=O)(=O)N[C@H]1CCN(C2C=NN=C2)[C@H]1COC1CCC(c2ccccc2)CC1. The summed E-state index contributed by atoms with van der Waals surface area (Å²) in [5.74, 6) is 0.615. The van der Waals surface area contributed by atoms with Crippen LogP contribution in [0.3, 0.4) is 0 Å². The number of benzene rings is 1. The van der Waals surface area contributed by atoms with Crippen LogP contribution >= 0.6 is 0 Å². The quantitative estimate of drug-likeness (QED) is 0.736. The number of nitrogens with zero attached hydrogens (tertiary/aromatic N) is 3. The van der Waals surface area contributed by atoms with Crippen molar-refractivity contribution in [2.75, 3.05) is 19.4 Å². The van der Waals surface area contributed by atoms with Crippen LogP contribution in [0, 0.1) is 0 Å². The Morgan fingerprint density at radius 3 is 2.41 bits per heavy atom. The molecule has 2 aliphatic heterocycles. The molecular formula is C21H30N4O3S. The lowest BCUT2D eigenvalue weighted by molar-refractivity contribution is -0.00569. The van der Waals surface area contributed by atoms with E-state index in [0.29, 0.717) is 12.5 Å². The maximum atomic E-state index is 11.8. The molecule has 4 rings (SSSR count). The molecule has 0 aromatic heterocycles. The highest BCUT2D eigenvalue weighted by atomic mass is 32.2. The van der Waals surface area contributed by atoms with Crippen molar-refractivity contribution in [1.82, 2.24) is 9.62 Å². The van der Waals surface area contributed by atoms with Gasteiger partial charge in [0.05, 0.1) is 31.1 Å². The Kier molecular flexibility index (Phi) is 6.44. The Hall–Kier alpha value is -1.61. The zero-order valence-electron chi connectivity index (χ0n) is 16.9. The van der Waals surface area contributed by atoms with Crippen LogP contribution in [0.25, 0.3) is 0 Å². The summed E-state index contributed by atoms with van der Waals surface area (Å²) in [6.45, 7) is 1.32. The summed E-state index contributed by atoms with van der Waals surface area (Å²) in [6.07, 6.45) is 10.2. The molecule has 1 aromatic rings. The van der Waals surface area contributed by atoms with Gasteiger partial charge in [0.1, 0.15) is 0 Å². The van der Waals surface area contributed by atoms with Crippen molar-refractivity contribution >= 4 is 22.5 Å². The number of rotatable bonds is 7. The molecule has 0 spiro atoms. The maximum absolute atomic E-state index is 11.8. The summed E-state index contributed by atoms with van der Waals surface area (Å²) in [4.78, 5) is 2.25. The van der Waals surface area contributed by atoms with Gasteiger partial charge in [0, 0.05) is 25.0 Å². The fraction of sp³-hybridized carbons (Fsp3) is 0.619. The number of hydrogen-bond donors (Lipinski definition) is 1. The molecule has 1 N–H and O–H groups in total. The summed E-state index contributed by atoms with van der Waals surface area (Å²) in [7, 11) is -3.27. The third kappa shape index (κ3) is 5.31. The molecule has 2 fully saturated rings. The summed E-state index contributed by atoms with van der Waals surface area (Å²) < 4.78 is 32.7. The summed E-state index contributed by atoms with van der Waals surface area (Å²) in [5, 5.41) is 7.91. The summed E-state index contributed by atoms with van der Waals surface area (Å²) in [5.41, 5.74) is 1.42. The van der Waals surface area contributed by atoms with E-state index in [1.54, 1.807) is 12.4 Å². The molecule has 2 atom stereocenters. The Morgan fingerprint density at radius 1 is 1.07 bits per heavy atom. The first-order valence-corrected chi connectivity index (χ1v) is 12.3. The average molecular weight is 419 g/mol. The maximum Gasteiger partial charge on any atom is 0.209 e. The van der Waals surface area contributed by atoms with Crippen LogP contribution in [-0.2, 0) is 14.8 Å². The molecule has 0 bridgehead atoms. The highest BCUT2D eigenvalue weighted by Gasteiger charge is 2.39. The van der Waals surface area contributed by atoms with E-state index in [9.17, 15) is 8.42 Å². The second-order valence-corrected chi connectivity index (χ2v) is 10.1. The van der Waals surface area contributed by atoms with Crippen molar-refractivity contribution in [3.8, 4) is 0 Å². The number of ether oxygens (including phenoxy) is 1. The molecule has 158 valence electrons. The molecule has 1 aliphatic carbocycles. The predicted octanol–water partition coefficient (Wildman–Crippen LogP) is 2.16. The van der Waals surface area contributed by atoms with E-state index >= 15 is 0 Å². The van der Waals surface area contributed by atoms with Crippen molar-refractivity contribution in [2.45, 2.75) is 62.3 Å². The van der Waals surface area contributed by atoms with Crippen molar-refractivity contribution in [3.05, 3.63) is 35.9 Å². The minimum atomic E-state index is -3.27. The van der Waals surface area contributed by atoms with Gasteiger partial charge >= 0.3 is 0 Å². The van der Waals surface area contributed by atoms with Gasteiger partial charge in [-0.25, -0.2) is 13.1 Å². The minimum absolute atomic E-state index is 0.0161. The molecule has 3 aliphatic rings. The largest absolute Gasteiger partial charge is 0.377 e. The lowest BCUT2D eigenvalue weighted by atomic mass is 9.83. The van der Waals surface area contributed by atoms with Crippen LogP contribution in [0.5, 0.6) is 0 Å². The van der Waals surface area contributed by atoms with E-state index in [4.69, 9.17) is 4.74 Å². The van der Waals surface area contributed by atoms with Gasteiger partial charge in [0.25, 0.3) is 0 Å². The first-order valence-electron chi connectivity index (χ1n) is 10.5. The summed E-state index contributed by atoms with van der Waals surface area (Å²) in [6, 6.07) is 10.6. The highest BCUT2D eigenvalue weighted by Crippen LogP contribution is 2.34. The predicted molar refractivity (Wildman–Crippen MR) is 115 cm³/mol. The van der Waals surface area contributed by atoms with Gasteiger partial charge in [-0.05, 0) is 43.6 Å². The molecular weight excluding hydrogens is 388 g/mol. The average Bonchev–Trinajstić information content (AvgIpc) is 3.36. The van der Waals surface area contributed by atoms with E-state index < -0.39 is 10.0 Å². The van der Waals surface area contributed by atoms with Crippen LogP contribution < -0.4 is 4.72 Å². The molecule has 29 heavy (non-hydrogen) atoms. The Bertz CT molecular complexity index is 823. The molecule has 0 amide bonds. The molecule has 0 radical (unpaired) electrons. The lowest BCUT2D eigenvalue weighted by Crippen LogP contribution is -2.51. The molecule has 1 aromatic carbocycles. The van der Waals surface area contributed by atoms with Crippen molar-refractivity contribution in [2.24, 2.45) is 10.2 Å². The number of sulfonamides is 1. The number of hydrogen-bond acceptors (Lipinski definition) is 6. The topological polar surface area (TPSA) is 83.4 Å². The van der Waals surface area contributed by atoms with E-state index in [0.717, 1.165) is 38.6 Å². The van der Waals surface area contributed by atoms with Gasteiger partial charge < -0.3 is 4.74 Å². The standard InChI is InChI=1S/C21H30N4O3S/c1-29(26,27)24-20-11-12-25(18-13-22-23-14-18)21(20)15-28-19-9-7-17(8-10-19)16-5-3-2-4-6-16/h2-6,13-14,17-21,24H,7-12,15H2,1H3/t17?,19?,20-,21-/m0/s1. The molecule has 0 unspecified atom stereocenters. The van der Waals surface area contributed by atoms with Crippen LogP contribution in [0.2, 0.25) is 0 Å². The first kappa shape index (κ1) is 20.7. The van der Waals surface area contributed by atoms with Crippen LogP contribution in [0.1, 0.15) is 43.6 Å². The van der Waals surface area contributed by atoms with Gasteiger partial charge in [-0.1, -0.05) is 30.3 Å².